The molecular formula is C16H25NO4. The van der Waals surface area contributed by atoms with Crippen LogP contribution in [0.5, 0.6) is 0 Å². The Labute approximate surface area is 126 Å². The maximum absolute atomic E-state index is 11.1. The number of hydrogen-bond acceptors (Lipinski definition) is 5. The van der Waals surface area contributed by atoms with Crippen molar-refractivity contribution >= 4 is 11.9 Å². The van der Waals surface area contributed by atoms with Crippen LogP contribution in [0.3, 0.4) is 0 Å². The number of fused-ring (bicyclic) bond motifs is 2. The quantitative estimate of drug-likeness (QED) is 0.631. The fourth-order valence-electron chi connectivity index (χ4n) is 3.77. The van der Waals surface area contributed by atoms with Crippen LogP contribution in [0.15, 0.2) is 11.6 Å². The molecule has 0 aromatic rings. The van der Waals surface area contributed by atoms with Gasteiger partial charge in [0, 0.05) is 25.3 Å². The van der Waals surface area contributed by atoms with Gasteiger partial charge in [0.2, 0.25) is 0 Å². The minimum absolute atomic E-state index is 0.263. The Balaban J connectivity index is 2.24. The van der Waals surface area contributed by atoms with Crippen LogP contribution in [0.4, 0.5) is 0 Å². The molecule has 1 aliphatic heterocycles. The normalized spacial score (nSPS) is 34.9. The summed E-state index contributed by atoms with van der Waals surface area (Å²) in [5.41, 5.74) is 0.891. The first-order valence-corrected chi connectivity index (χ1v) is 7.55. The van der Waals surface area contributed by atoms with E-state index in [0.29, 0.717) is 25.0 Å². The van der Waals surface area contributed by atoms with E-state index < -0.39 is 0 Å². The first-order valence-electron chi connectivity index (χ1n) is 7.55. The molecule has 0 radical (unpaired) electrons. The average Bonchev–Trinajstić information content (AvgIpc) is 2.39. The molecule has 1 fully saturated rings. The molecule has 2 aliphatic rings. The number of nitrogens with one attached hydrogen (secondary N) is 1. The first-order chi connectivity index (χ1) is 9.83. The lowest BCUT2D eigenvalue weighted by Crippen LogP contribution is -2.58. The van der Waals surface area contributed by atoms with Crippen molar-refractivity contribution in [1.29, 1.82) is 0 Å². The van der Waals surface area contributed by atoms with E-state index in [1.54, 1.807) is 0 Å². The molecular weight excluding hydrogens is 270 g/mol. The standard InChI is InChI=1S/C16H25NO4/c1-10-14-5-6-17-15(10)16(4,9-21-12(3)19)7-13(14)8-20-11(2)18/h7,10,14-15,17H,5-6,8-9H2,1-4H3/t10?,14?,15?,16-/m0/s1. The number of rotatable bonds is 4. The predicted octanol–water partition coefficient (Wildman–Crippen LogP) is 1.67. The molecule has 1 heterocycles. The maximum Gasteiger partial charge on any atom is 0.302 e. The van der Waals surface area contributed by atoms with Crippen molar-refractivity contribution in [3.8, 4) is 0 Å². The zero-order chi connectivity index (χ0) is 15.6. The molecule has 5 heteroatoms. The third kappa shape index (κ3) is 3.46. The summed E-state index contributed by atoms with van der Waals surface area (Å²) in [4.78, 5) is 22.2. The van der Waals surface area contributed by atoms with Gasteiger partial charge in [-0.3, -0.25) is 9.59 Å². The number of carbonyl (C=O) groups excluding carboxylic acids is 2. The third-order valence-electron chi connectivity index (χ3n) is 4.71. The van der Waals surface area contributed by atoms with Gasteiger partial charge in [0.05, 0.1) is 0 Å². The van der Waals surface area contributed by atoms with Gasteiger partial charge >= 0.3 is 11.9 Å². The number of hydrogen-bond donors (Lipinski definition) is 1. The molecule has 0 spiro atoms. The first kappa shape index (κ1) is 16.0. The molecule has 118 valence electrons. The molecule has 2 rings (SSSR count). The molecule has 0 aromatic heterocycles. The highest BCUT2D eigenvalue weighted by Gasteiger charge is 2.47. The van der Waals surface area contributed by atoms with Crippen LogP contribution < -0.4 is 5.32 Å². The Morgan fingerprint density at radius 3 is 2.62 bits per heavy atom. The van der Waals surface area contributed by atoms with Gasteiger partial charge in [-0.25, -0.2) is 0 Å². The van der Waals surface area contributed by atoms with Crippen molar-refractivity contribution in [3.05, 3.63) is 11.6 Å². The topological polar surface area (TPSA) is 64.6 Å². The van der Waals surface area contributed by atoms with Crippen LogP contribution in [0.25, 0.3) is 0 Å². The Bertz CT molecular complexity index is 459. The largest absolute Gasteiger partial charge is 0.465 e. The average molecular weight is 295 g/mol. The van der Waals surface area contributed by atoms with E-state index in [0.717, 1.165) is 18.5 Å². The lowest BCUT2D eigenvalue weighted by molar-refractivity contribution is -0.144. The smallest absolute Gasteiger partial charge is 0.302 e. The number of carbonyl (C=O) groups is 2. The molecule has 0 amide bonds. The third-order valence-corrected chi connectivity index (χ3v) is 4.71. The van der Waals surface area contributed by atoms with Gasteiger partial charge in [-0.1, -0.05) is 19.9 Å². The van der Waals surface area contributed by atoms with Crippen LogP contribution >= 0.6 is 0 Å². The molecule has 3 unspecified atom stereocenters. The Kier molecular flexibility index (Phi) is 4.71. The summed E-state index contributed by atoms with van der Waals surface area (Å²) in [5, 5.41) is 3.56. The van der Waals surface area contributed by atoms with Crippen molar-refractivity contribution in [1.82, 2.24) is 5.32 Å². The lowest BCUT2D eigenvalue weighted by Gasteiger charge is -2.50. The Hall–Kier alpha value is -1.36. The van der Waals surface area contributed by atoms with E-state index in [1.165, 1.54) is 13.8 Å². The predicted molar refractivity (Wildman–Crippen MR) is 78.5 cm³/mol. The SMILES string of the molecule is CC(=O)OCC1=C[C@@](C)(COC(C)=O)C2NCCC1C2C. The van der Waals surface area contributed by atoms with Gasteiger partial charge in [0.1, 0.15) is 13.2 Å². The van der Waals surface area contributed by atoms with Gasteiger partial charge in [-0.2, -0.15) is 0 Å². The van der Waals surface area contributed by atoms with Crippen molar-refractivity contribution in [3.63, 3.8) is 0 Å². The molecule has 4 atom stereocenters. The summed E-state index contributed by atoms with van der Waals surface area (Å²) in [7, 11) is 0. The summed E-state index contributed by atoms with van der Waals surface area (Å²) in [5.74, 6) is 0.328. The lowest BCUT2D eigenvalue weighted by atomic mass is 9.62. The monoisotopic (exact) mass is 295 g/mol. The van der Waals surface area contributed by atoms with E-state index in [4.69, 9.17) is 9.47 Å². The summed E-state index contributed by atoms with van der Waals surface area (Å²) in [6.45, 7) is 8.79. The van der Waals surface area contributed by atoms with Crippen LogP contribution in [-0.4, -0.2) is 37.7 Å². The zero-order valence-corrected chi connectivity index (χ0v) is 13.3. The molecule has 1 N–H and O–H groups in total. The van der Waals surface area contributed by atoms with E-state index in [2.05, 4.69) is 25.2 Å². The summed E-state index contributed by atoms with van der Waals surface area (Å²) in [6, 6.07) is 0.275. The molecule has 21 heavy (non-hydrogen) atoms. The van der Waals surface area contributed by atoms with E-state index >= 15 is 0 Å². The van der Waals surface area contributed by atoms with Gasteiger partial charge in [0.15, 0.2) is 0 Å². The molecule has 1 saturated heterocycles. The fourth-order valence-corrected chi connectivity index (χ4v) is 3.77. The molecule has 2 bridgehead atoms. The highest BCUT2D eigenvalue weighted by Crippen LogP contribution is 2.44. The van der Waals surface area contributed by atoms with Crippen molar-refractivity contribution in [2.45, 2.75) is 40.2 Å². The van der Waals surface area contributed by atoms with Gasteiger partial charge < -0.3 is 14.8 Å². The molecule has 0 saturated carbocycles. The highest BCUT2D eigenvalue weighted by atomic mass is 16.5. The second-order valence-electron chi connectivity index (χ2n) is 6.47. The highest BCUT2D eigenvalue weighted by molar-refractivity contribution is 5.66. The maximum atomic E-state index is 11.1. The Morgan fingerprint density at radius 2 is 2.00 bits per heavy atom. The number of ether oxygens (including phenoxy) is 2. The van der Waals surface area contributed by atoms with Gasteiger partial charge in [-0.05, 0) is 30.4 Å². The second-order valence-corrected chi connectivity index (χ2v) is 6.47. The van der Waals surface area contributed by atoms with Crippen LogP contribution in [0.1, 0.15) is 34.1 Å². The van der Waals surface area contributed by atoms with Gasteiger partial charge in [0.25, 0.3) is 0 Å². The summed E-state index contributed by atoms with van der Waals surface area (Å²) < 4.78 is 10.5. The molecule has 5 nitrogen and oxygen atoms in total. The van der Waals surface area contributed by atoms with Crippen molar-refractivity contribution in [2.75, 3.05) is 19.8 Å². The fraction of sp³-hybridized carbons (Fsp3) is 0.750. The van der Waals surface area contributed by atoms with Crippen molar-refractivity contribution in [2.24, 2.45) is 17.3 Å². The van der Waals surface area contributed by atoms with Gasteiger partial charge in [-0.15, -0.1) is 0 Å². The minimum atomic E-state index is -0.267. The zero-order valence-electron chi connectivity index (χ0n) is 13.3. The molecule has 0 aromatic carbocycles. The van der Waals surface area contributed by atoms with E-state index in [-0.39, 0.29) is 23.4 Å². The van der Waals surface area contributed by atoms with E-state index in [9.17, 15) is 9.59 Å². The summed E-state index contributed by atoms with van der Waals surface area (Å²) >= 11 is 0. The minimum Gasteiger partial charge on any atom is -0.465 e. The van der Waals surface area contributed by atoms with E-state index in [1.807, 2.05) is 0 Å². The van der Waals surface area contributed by atoms with Crippen LogP contribution in [0.2, 0.25) is 0 Å². The molecule has 1 aliphatic carbocycles. The number of esters is 2. The number of piperidine rings is 1. The Morgan fingerprint density at radius 1 is 1.33 bits per heavy atom. The van der Waals surface area contributed by atoms with Crippen molar-refractivity contribution < 1.29 is 19.1 Å². The second kappa shape index (κ2) is 6.18. The summed E-state index contributed by atoms with van der Waals surface area (Å²) in [6.07, 6.45) is 3.20. The van der Waals surface area contributed by atoms with Crippen LogP contribution in [0, 0.1) is 17.3 Å². The van der Waals surface area contributed by atoms with Crippen LogP contribution in [-0.2, 0) is 19.1 Å².